The van der Waals surface area contributed by atoms with Crippen LogP contribution in [0.15, 0.2) is 65.6 Å². The molecule has 0 radical (unpaired) electrons. The number of carbonyl (C=O) groups is 2. The average molecular weight is 484 g/mol. The van der Waals surface area contributed by atoms with Gasteiger partial charge in [0, 0.05) is 29.9 Å². The van der Waals surface area contributed by atoms with E-state index in [4.69, 9.17) is 0 Å². The molecule has 2 amide bonds. The Balaban J connectivity index is 1.52. The zero-order valence-electron chi connectivity index (χ0n) is 19.1. The molecule has 0 aromatic heterocycles. The fraction of sp³-hybridized carbons (Fsp3) is 0.200. The molecule has 0 aliphatic rings. The Labute approximate surface area is 198 Å². The molecule has 3 aromatic carbocycles. The number of aryl methyl sites for hydroxylation is 3. The maximum absolute atomic E-state index is 13.6. The molecule has 9 heteroatoms. The van der Waals surface area contributed by atoms with Gasteiger partial charge in [-0.15, -0.1) is 0 Å². The number of anilines is 1. The van der Waals surface area contributed by atoms with Gasteiger partial charge in [0.15, 0.2) is 0 Å². The summed E-state index contributed by atoms with van der Waals surface area (Å²) < 4.78 is 41.4. The summed E-state index contributed by atoms with van der Waals surface area (Å²) in [6.45, 7) is 5.74. The van der Waals surface area contributed by atoms with Crippen LogP contribution < -0.4 is 15.4 Å². The second-order valence-electron chi connectivity index (χ2n) is 7.90. The predicted octanol–water partition coefficient (Wildman–Crippen LogP) is 3.71. The lowest BCUT2D eigenvalue weighted by Gasteiger charge is -2.11. The highest BCUT2D eigenvalue weighted by atomic mass is 32.2. The van der Waals surface area contributed by atoms with Crippen molar-refractivity contribution < 1.29 is 22.4 Å². The van der Waals surface area contributed by atoms with Crippen molar-refractivity contribution in [2.45, 2.75) is 25.7 Å². The maximum atomic E-state index is 13.6. The molecule has 3 N–H and O–H groups in total. The van der Waals surface area contributed by atoms with Gasteiger partial charge in [0.1, 0.15) is 5.82 Å². The van der Waals surface area contributed by atoms with Gasteiger partial charge in [-0.05, 0) is 86.0 Å². The summed E-state index contributed by atoms with van der Waals surface area (Å²) >= 11 is 0. The largest absolute Gasteiger partial charge is 0.350 e. The van der Waals surface area contributed by atoms with Crippen molar-refractivity contribution in [3.63, 3.8) is 0 Å². The first-order valence-corrected chi connectivity index (χ1v) is 12.1. The lowest BCUT2D eigenvalue weighted by atomic mass is 10.1. The number of hydrogen-bond acceptors (Lipinski definition) is 4. The molecule has 3 aromatic rings. The summed E-state index contributed by atoms with van der Waals surface area (Å²) in [6.07, 6.45) is 0. The highest BCUT2D eigenvalue weighted by Gasteiger charge is 2.16. The Morgan fingerprint density at radius 2 is 1.29 bits per heavy atom. The van der Waals surface area contributed by atoms with E-state index >= 15 is 0 Å². The van der Waals surface area contributed by atoms with Gasteiger partial charge in [0.25, 0.3) is 21.8 Å². The molecular formula is C25H26FN3O4S. The summed E-state index contributed by atoms with van der Waals surface area (Å²) in [6, 6.07) is 15.0. The van der Waals surface area contributed by atoms with Crippen LogP contribution in [0.3, 0.4) is 0 Å². The Hall–Kier alpha value is -3.72. The van der Waals surface area contributed by atoms with E-state index in [9.17, 15) is 22.4 Å². The van der Waals surface area contributed by atoms with Gasteiger partial charge >= 0.3 is 0 Å². The van der Waals surface area contributed by atoms with Crippen molar-refractivity contribution in [3.8, 4) is 0 Å². The van der Waals surface area contributed by atoms with Gasteiger partial charge in [0.05, 0.1) is 4.90 Å². The quantitative estimate of drug-likeness (QED) is 0.425. The number of rotatable bonds is 8. The first-order chi connectivity index (χ1) is 16.1. The van der Waals surface area contributed by atoms with Crippen molar-refractivity contribution in [2.24, 2.45) is 0 Å². The molecule has 0 fully saturated rings. The van der Waals surface area contributed by atoms with E-state index in [1.165, 1.54) is 36.4 Å². The highest BCUT2D eigenvalue weighted by molar-refractivity contribution is 7.92. The molecule has 0 aliphatic heterocycles. The molecule has 0 saturated heterocycles. The first-order valence-electron chi connectivity index (χ1n) is 10.6. The molecule has 0 heterocycles. The van der Waals surface area contributed by atoms with Crippen LogP contribution >= 0.6 is 0 Å². The molecule has 0 aliphatic carbocycles. The van der Waals surface area contributed by atoms with E-state index < -0.39 is 27.7 Å². The summed E-state index contributed by atoms with van der Waals surface area (Å²) in [5.41, 5.74) is 3.40. The number of halogens is 1. The van der Waals surface area contributed by atoms with Crippen LogP contribution in [0.4, 0.5) is 10.1 Å². The minimum absolute atomic E-state index is 0.0277. The van der Waals surface area contributed by atoms with Crippen LogP contribution in [0, 0.1) is 26.6 Å². The molecule has 0 atom stereocenters. The Bertz CT molecular complexity index is 1320. The predicted molar refractivity (Wildman–Crippen MR) is 129 cm³/mol. The zero-order chi connectivity index (χ0) is 24.9. The van der Waals surface area contributed by atoms with Gasteiger partial charge < -0.3 is 10.6 Å². The second kappa shape index (κ2) is 10.5. The van der Waals surface area contributed by atoms with Crippen molar-refractivity contribution in [3.05, 3.63) is 94.3 Å². The summed E-state index contributed by atoms with van der Waals surface area (Å²) in [5.74, 6) is -1.32. The Morgan fingerprint density at radius 1 is 0.735 bits per heavy atom. The first kappa shape index (κ1) is 24.9. The van der Waals surface area contributed by atoms with Gasteiger partial charge in [-0.2, -0.15) is 0 Å². The lowest BCUT2D eigenvalue weighted by molar-refractivity contribution is 0.0927. The monoisotopic (exact) mass is 483 g/mol. The Morgan fingerprint density at radius 3 is 1.88 bits per heavy atom. The van der Waals surface area contributed by atoms with Crippen LogP contribution in [-0.4, -0.2) is 33.3 Å². The SMILES string of the molecule is Cc1ccc(NS(=O)(=O)c2ccc(C(=O)NCCNC(=O)c3ccc(C)c(F)c3)cc2)cc1C. The number of amides is 2. The third-order valence-corrected chi connectivity index (χ3v) is 6.71. The van der Waals surface area contributed by atoms with E-state index in [1.807, 2.05) is 19.9 Å². The molecule has 0 saturated carbocycles. The zero-order valence-corrected chi connectivity index (χ0v) is 19.9. The van der Waals surface area contributed by atoms with Crippen molar-refractivity contribution in [1.82, 2.24) is 10.6 Å². The van der Waals surface area contributed by atoms with Gasteiger partial charge in [-0.25, -0.2) is 12.8 Å². The van der Waals surface area contributed by atoms with Crippen LogP contribution in [-0.2, 0) is 10.0 Å². The molecule has 178 valence electrons. The molecule has 34 heavy (non-hydrogen) atoms. The molecule has 3 rings (SSSR count). The van der Waals surface area contributed by atoms with E-state index in [0.717, 1.165) is 17.2 Å². The van der Waals surface area contributed by atoms with E-state index in [0.29, 0.717) is 11.3 Å². The molecule has 0 spiro atoms. The summed E-state index contributed by atoms with van der Waals surface area (Å²) in [4.78, 5) is 24.4. The number of carbonyl (C=O) groups excluding carboxylic acids is 2. The average Bonchev–Trinajstić information content (AvgIpc) is 2.80. The third kappa shape index (κ3) is 6.20. The molecule has 7 nitrogen and oxygen atoms in total. The maximum Gasteiger partial charge on any atom is 0.261 e. The van der Waals surface area contributed by atoms with Crippen LogP contribution in [0.5, 0.6) is 0 Å². The van der Waals surface area contributed by atoms with Gasteiger partial charge in [-0.3, -0.25) is 14.3 Å². The number of sulfonamides is 1. The number of hydrogen-bond donors (Lipinski definition) is 3. The fourth-order valence-electron chi connectivity index (χ4n) is 3.09. The van der Waals surface area contributed by atoms with Gasteiger partial charge in [-0.1, -0.05) is 12.1 Å². The highest BCUT2D eigenvalue weighted by Crippen LogP contribution is 2.19. The second-order valence-corrected chi connectivity index (χ2v) is 9.59. The van der Waals surface area contributed by atoms with Crippen molar-refractivity contribution in [1.29, 1.82) is 0 Å². The standard InChI is InChI=1S/C25H26FN3O4S/c1-16-5-9-21(14-18(16)3)29-34(32,33)22-10-7-19(8-11-22)24(30)27-12-13-28-25(31)20-6-4-17(2)23(26)15-20/h4-11,14-15,29H,12-13H2,1-3H3,(H,27,30)(H,28,31). The topological polar surface area (TPSA) is 104 Å². The van der Waals surface area contributed by atoms with Crippen molar-refractivity contribution >= 4 is 27.5 Å². The van der Waals surface area contributed by atoms with Crippen molar-refractivity contribution in [2.75, 3.05) is 17.8 Å². The normalized spacial score (nSPS) is 11.1. The summed E-state index contributed by atoms with van der Waals surface area (Å²) in [5, 5.41) is 5.25. The summed E-state index contributed by atoms with van der Waals surface area (Å²) in [7, 11) is -3.80. The van der Waals surface area contributed by atoms with Crippen LogP contribution in [0.2, 0.25) is 0 Å². The minimum atomic E-state index is -3.80. The van der Waals surface area contributed by atoms with E-state index in [2.05, 4.69) is 15.4 Å². The molecule has 0 unspecified atom stereocenters. The third-order valence-electron chi connectivity index (χ3n) is 5.32. The smallest absolute Gasteiger partial charge is 0.261 e. The van der Waals surface area contributed by atoms with E-state index in [1.54, 1.807) is 19.1 Å². The number of nitrogens with one attached hydrogen (secondary N) is 3. The van der Waals surface area contributed by atoms with Crippen LogP contribution in [0.25, 0.3) is 0 Å². The molecular weight excluding hydrogens is 457 g/mol. The van der Waals surface area contributed by atoms with E-state index in [-0.39, 0.29) is 29.1 Å². The number of benzene rings is 3. The van der Waals surface area contributed by atoms with Gasteiger partial charge in [0.2, 0.25) is 0 Å². The minimum Gasteiger partial charge on any atom is -0.350 e. The lowest BCUT2D eigenvalue weighted by Crippen LogP contribution is -2.34. The fourth-order valence-corrected chi connectivity index (χ4v) is 4.14. The molecule has 0 bridgehead atoms. The van der Waals surface area contributed by atoms with Crippen LogP contribution in [0.1, 0.15) is 37.4 Å². The Kier molecular flexibility index (Phi) is 7.68.